The molecule has 4 heteroatoms. The number of imidazole rings is 1. The monoisotopic (exact) mass is 277 g/mol. The summed E-state index contributed by atoms with van der Waals surface area (Å²) in [7, 11) is 0. The summed E-state index contributed by atoms with van der Waals surface area (Å²) in [6.45, 7) is 7.62. The topological polar surface area (TPSA) is 29.9 Å². The van der Waals surface area contributed by atoms with Crippen LogP contribution in [-0.2, 0) is 0 Å². The van der Waals surface area contributed by atoms with Crippen molar-refractivity contribution in [3.63, 3.8) is 0 Å². The van der Waals surface area contributed by atoms with Crippen LogP contribution >= 0.6 is 11.3 Å². The fraction of sp³-hybridized carbons (Fsp3) is 0.533. The lowest BCUT2D eigenvalue weighted by molar-refractivity contribution is 0.542. The smallest absolute Gasteiger partial charge is 0.203 e. The van der Waals surface area contributed by atoms with Gasteiger partial charge in [-0.05, 0) is 23.8 Å². The third-order valence-electron chi connectivity index (χ3n) is 3.11. The number of nitrogens with zero attached hydrogens (tertiary/aromatic N) is 2. The summed E-state index contributed by atoms with van der Waals surface area (Å²) < 4.78 is 2.28. The van der Waals surface area contributed by atoms with Gasteiger partial charge < -0.3 is 9.88 Å². The molecule has 0 amide bonds. The molecule has 0 bridgehead atoms. The van der Waals surface area contributed by atoms with Crippen LogP contribution in [0.1, 0.15) is 44.5 Å². The molecule has 3 nitrogen and oxygen atoms in total. The van der Waals surface area contributed by atoms with Gasteiger partial charge in [0.15, 0.2) is 0 Å². The van der Waals surface area contributed by atoms with Gasteiger partial charge in [-0.3, -0.25) is 0 Å². The number of hydrogen-bond donors (Lipinski definition) is 1. The number of aromatic nitrogens is 2. The first-order valence-electron chi connectivity index (χ1n) is 7.02. The minimum atomic E-state index is 0.405. The zero-order valence-electron chi connectivity index (χ0n) is 12.0. The average molecular weight is 277 g/mol. The van der Waals surface area contributed by atoms with Crippen LogP contribution in [0.2, 0.25) is 0 Å². The zero-order chi connectivity index (χ0) is 13.7. The maximum Gasteiger partial charge on any atom is 0.203 e. The van der Waals surface area contributed by atoms with Crippen LogP contribution in [0.15, 0.2) is 29.9 Å². The molecule has 0 aromatic carbocycles. The Morgan fingerprint density at radius 3 is 2.89 bits per heavy atom. The standard InChI is InChI=1S/C15H23N3S/c1-4-6-13(14-7-5-10-19-14)18-9-8-16-15(18)17-11-12(2)3/h5,7-10,12-13H,4,6,11H2,1-3H3,(H,16,17). The molecule has 2 aromatic rings. The summed E-state index contributed by atoms with van der Waals surface area (Å²) in [6.07, 6.45) is 6.29. The number of hydrogen-bond acceptors (Lipinski definition) is 3. The van der Waals surface area contributed by atoms with E-state index in [1.165, 1.54) is 11.3 Å². The molecule has 2 heterocycles. The molecule has 0 spiro atoms. The molecular formula is C15H23N3S. The largest absolute Gasteiger partial charge is 0.355 e. The molecule has 0 fully saturated rings. The van der Waals surface area contributed by atoms with E-state index in [0.717, 1.165) is 18.9 Å². The molecule has 1 N–H and O–H groups in total. The molecular weight excluding hydrogens is 254 g/mol. The maximum absolute atomic E-state index is 4.46. The van der Waals surface area contributed by atoms with Crippen molar-refractivity contribution < 1.29 is 0 Å². The lowest BCUT2D eigenvalue weighted by Gasteiger charge is -2.20. The summed E-state index contributed by atoms with van der Waals surface area (Å²) in [6, 6.07) is 4.75. The number of anilines is 1. The average Bonchev–Trinajstić information content (AvgIpc) is 3.04. The first kappa shape index (κ1) is 14.1. The zero-order valence-corrected chi connectivity index (χ0v) is 12.8. The van der Waals surface area contributed by atoms with E-state index < -0.39 is 0 Å². The predicted molar refractivity (Wildman–Crippen MR) is 82.9 cm³/mol. The molecule has 19 heavy (non-hydrogen) atoms. The normalized spacial score (nSPS) is 12.8. The summed E-state index contributed by atoms with van der Waals surface area (Å²) in [5, 5.41) is 5.60. The number of rotatable bonds is 7. The van der Waals surface area contributed by atoms with Gasteiger partial charge in [-0.25, -0.2) is 4.98 Å². The van der Waals surface area contributed by atoms with Crippen LogP contribution in [0.3, 0.4) is 0 Å². The highest BCUT2D eigenvalue weighted by atomic mass is 32.1. The lowest BCUT2D eigenvalue weighted by atomic mass is 10.1. The highest BCUT2D eigenvalue weighted by Gasteiger charge is 2.17. The summed E-state index contributed by atoms with van der Waals surface area (Å²) >= 11 is 1.83. The van der Waals surface area contributed by atoms with Gasteiger partial charge in [0.05, 0.1) is 6.04 Å². The van der Waals surface area contributed by atoms with E-state index in [4.69, 9.17) is 0 Å². The maximum atomic E-state index is 4.46. The second-order valence-electron chi connectivity index (χ2n) is 5.25. The van der Waals surface area contributed by atoms with Crippen LogP contribution in [-0.4, -0.2) is 16.1 Å². The van der Waals surface area contributed by atoms with Crippen molar-refractivity contribution >= 4 is 17.3 Å². The Morgan fingerprint density at radius 1 is 1.42 bits per heavy atom. The van der Waals surface area contributed by atoms with Gasteiger partial charge in [-0.15, -0.1) is 11.3 Å². The Morgan fingerprint density at radius 2 is 2.26 bits per heavy atom. The van der Waals surface area contributed by atoms with E-state index in [9.17, 15) is 0 Å². The van der Waals surface area contributed by atoms with E-state index in [2.05, 4.69) is 59.3 Å². The van der Waals surface area contributed by atoms with Gasteiger partial charge in [-0.2, -0.15) is 0 Å². The molecule has 104 valence electrons. The summed E-state index contributed by atoms with van der Waals surface area (Å²) in [5.74, 6) is 1.61. The molecule has 0 aliphatic carbocycles. The van der Waals surface area contributed by atoms with Gasteiger partial charge in [-0.1, -0.05) is 33.3 Å². The molecule has 1 atom stereocenters. The van der Waals surface area contributed by atoms with Crippen LogP contribution < -0.4 is 5.32 Å². The minimum absolute atomic E-state index is 0.405. The number of nitrogens with one attached hydrogen (secondary N) is 1. The van der Waals surface area contributed by atoms with E-state index in [1.807, 2.05) is 17.5 Å². The van der Waals surface area contributed by atoms with Gasteiger partial charge in [0, 0.05) is 23.8 Å². The van der Waals surface area contributed by atoms with Gasteiger partial charge >= 0.3 is 0 Å². The Balaban J connectivity index is 2.20. The Labute approximate surface area is 119 Å². The van der Waals surface area contributed by atoms with Crippen molar-refractivity contribution in [2.75, 3.05) is 11.9 Å². The van der Waals surface area contributed by atoms with Crippen LogP contribution in [0, 0.1) is 5.92 Å². The highest BCUT2D eigenvalue weighted by molar-refractivity contribution is 7.10. The van der Waals surface area contributed by atoms with Gasteiger partial charge in [0.2, 0.25) is 5.95 Å². The molecule has 0 aliphatic rings. The van der Waals surface area contributed by atoms with Crippen LogP contribution in [0.4, 0.5) is 5.95 Å². The number of thiophene rings is 1. The lowest BCUT2D eigenvalue weighted by Crippen LogP contribution is -2.16. The van der Waals surface area contributed by atoms with E-state index in [0.29, 0.717) is 12.0 Å². The minimum Gasteiger partial charge on any atom is -0.355 e. The summed E-state index contributed by atoms with van der Waals surface area (Å²) in [5.41, 5.74) is 0. The first-order chi connectivity index (χ1) is 9.22. The van der Waals surface area contributed by atoms with E-state index in [-0.39, 0.29) is 0 Å². The highest BCUT2D eigenvalue weighted by Crippen LogP contribution is 2.29. The van der Waals surface area contributed by atoms with Crippen molar-refractivity contribution in [2.45, 2.75) is 39.7 Å². The van der Waals surface area contributed by atoms with Crippen LogP contribution in [0.25, 0.3) is 0 Å². The second kappa shape index (κ2) is 6.75. The quantitative estimate of drug-likeness (QED) is 0.813. The predicted octanol–water partition coefficient (Wildman–Crippen LogP) is 4.40. The van der Waals surface area contributed by atoms with Crippen molar-refractivity contribution in [2.24, 2.45) is 5.92 Å². The van der Waals surface area contributed by atoms with Gasteiger partial charge in [0.25, 0.3) is 0 Å². The van der Waals surface area contributed by atoms with Crippen molar-refractivity contribution in [1.29, 1.82) is 0 Å². The molecule has 0 saturated heterocycles. The van der Waals surface area contributed by atoms with Crippen LogP contribution in [0.5, 0.6) is 0 Å². The van der Waals surface area contributed by atoms with Crippen molar-refractivity contribution in [3.05, 3.63) is 34.8 Å². The molecule has 1 unspecified atom stereocenters. The second-order valence-corrected chi connectivity index (χ2v) is 6.23. The van der Waals surface area contributed by atoms with Gasteiger partial charge in [0.1, 0.15) is 0 Å². The fourth-order valence-corrected chi connectivity index (χ4v) is 3.03. The SMILES string of the molecule is CCCC(c1cccs1)n1ccnc1NCC(C)C. The third kappa shape index (κ3) is 3.60. The Kier molecular flexibility index (Phi) is 5.02. The molecule has 0 radical (unpaired) electrons. The summed E-state index contributed by atoms with van der Waals surface area (Å²) in [4.78, 5) is 5.87. The fourth-order valence-electron chi connectivity index (χ4n) is 2.17. The molecule has 2 aromatic heterocycles. The van der Waals surface area contributed by atoms with E-state index in [1.54, 1.807) is 0 Å². The van der Waals surface area contributed by atoms with Crippen molar-refractivity contribution in [3.8, 4) is 0 Å². The Hall–Kier alpha value is -1.29. The molecule has 0 aliphatic heterocycles. The molecule has 0 saturated carbocycles. The van der Waals surface area contributed by atoms with Crippen molar-refractivity contribution in [1.82, 2.24) is 9.55 Å². The first-order valence-corrected chi connectivity index (χ1v) is 7.90. The Bertz CT molecular complexity index is 473. The molecule has 2 rings (SSSR count). The van der Waals surface area contributed by atoms with E-state index >= 15 is 0 Å². The third-order valence-corrected chi connectivity index (χ3v) is 4.08.